The summed E-state index contributed by atoms with van der Waals surface area (Å²) in [5, 5.41) is 38.7. The first-order valence-corrected chi connectivity index (χ1v) is 8.38. The highest BCUT2D eigenvalue weighted by molar-refractivity contribution is 7.99. The average Bonchev–Trinajstić information content (AvgIpc) is 3.12. The van der Waals surface area contributed by atoms with Gasteiger partial charge in [-0.3, -0.25) is 4.57 Å². The van der Waals surface area contributed by atoms with Crippen LogP contribution in [0.25, 0.3) is 11.2 Å². The number of hydrogen-bond donors (Lipinski definition) is 5. The molecular formula is C13H19N5O5S. The Bertz CT molecular complexity index is 713. The van der Waals surface area contributed by atoms with Crippen LogP contribution in [0.1, 0.15) is 6.23 Å². The number of aliphatic hydroxyl groups excluding tert-OH is 4. The highest BCUT2D eigenvalue weighted by atomic mass is 32.2. The largest absolute Gasteiger partial charge is 0.396 e. The van der Waals surface area contributed by atoms with E-state index in [-0.39, 0.29) is 25.8 Å². The summed E-state index contributed by atoms with van der Waals surface area (Å²) in [4.78, 5) is 12.5. The number of nitrogens with zero attached hydrogens (tertiary/aromatic N) is 4. The predicted octanol–water partition coefficient (Wildman–Crippen LogP) is -1.65. The molecule has 3 heterocycles. The number of nitrogen functional groups attached to an aromatic ring is 1. The molecule has 0 aromatic carbocycles. The summed E-state index contributed by atoms with van der Waals surface area (Å²) in [6, 6.07) is 0. The third-order valence-corrected chi connectivity index (χ3v) is 4.87. The smallest absolute Gasteiger partial charge is 0.223 e. The summed E-state index contributed by atoms with van der Waals surface area (Å²) in [7, 11) is 0. The molecule has 2 aromatic heterocycles. The number of rotatable bonds is 6. The SMILES string of the molecule is Nc1nc(SCCO)c2ncn([C@@H]3O[C@H](CO)[C@@H](CO)[C@H]3O)c2n1. The second-order valence-corrected chi connectivity index (χ2v) is 6.45. The molecule has 10 nitrogen and oxygen atoms in total. The number of anilines is 1. The molecule has 0 amide bonds. The molecular weight excluding hydrogens is 338 g/mol. The number of ether oxygens (including phenoxy) is 1. The molecule has 1 aliphatic heterocycles. The Kier molecular flexibility index (Phi) is 5.18. The molecule has 0 saturated carbocycles. The van der Waals surface area contributed by atoms with Crippen LogP contribution in [-0.4, -0.2) is 77.7 Å². The number of imidazole rings is 1. The van der Waals surface area contributed by atoms with Gasteiger partial charge in [0.05, 0.1) is 32.3 Å². The molecule has 1 aliphatic rings. The fraction of sp³-hybridized carbons (Fsp3) is 0.615. The van der Waals surface area contributed by atoms with Gasteiger partial charge in [-0.2, -0.15) is 4.98 Å². The molecule has 0 bridgehead atoms. The lowest BCUT2D eigenvalue weighted by molar-refractivity contribution is -0.0496. The average molecular weight is 357 g/mol. The normalized spacial score (nSPS) is 27.2. The highest BCUT2D eigenvalue weighted by Crippen LogP contribution is 2.36. The van der Waals surface area contributed by atoms with Crippen molar-refractivity contribution < 1.29 is 25.2 Å². The lowest BCUT2D eigenvalue weighted by atomic mass is 9.99. The van der Waals surface area contributed by atoms with Crippen molar-refractivity contribution in [3.63, 3.8) is 0 Å². The van der Waals surface area contributed by atoms with Crippen molar-refractivity contribution in [2.24, 2.45) is 5.92 Å². The number of thioether (sulfide) groups is 1. The Morgan fingerprint density at radius 3 is 2.67 bits per heavy atom. The topological polar surface area (TPSA) is 160 Å². The molecule has 0 unspecified atom stereocenters. The Labute approximate surface area is 141 Å². The van der Waals surface area contributed by atoms with Crippen LogP contribution < -0.4 is 5.73 Å². The van der Waals surface area contributed by atoms with E-state index in [1.807, 2.05) is 0 Å². The first kappa shape index (κ1) is 17.3. The predicted molar refractivity (Wildman–Crippen MR) is 85.1 cm³/mol. The third-order valence-electron chi connectivity index (χ3n) is 3.92. The van der Waals surface area contributed by atoms with Crippen LogP contribution in [0.2, 0.25) is 0 Å². The summed E-state index contributed by atoms with van der Waals surface area (Å²) in [6.07, 6.45) is -1.12. The molecule has 1 fully saturated rings. The maximum atomic E-state index is 10.4. The molecule has 3 rings (SSSR count). The zero-order valence-electron chi connectivity index (χ0n) is 12.7. The summed E-state index contributed by atoms with van der Waals surface area (Å²) in [5.41, 5.74) is 6.60. The maximum absolute atomic E-state index is 10.4. The molecule has 132 valence electrons. The molecule has 4 atom stereocenters. The van der Waals surface area contributed by atoms with Gasteiger partial charge in [0.25, 0.3) is 0 Å². The Balaban J connectivity index is 2.00. The highest BCUT2D eigenvalue weighted by Gasteiger charge is 2.44. The van der Waals surface area contributed by atoms with Gasteiger partial charge in [0.1, 0.15) is 16.6 Å². The van der Waals surface area contributed by atoms with E-state index >= 15 is 0 Å². The fourth-order valence-corrected chi connectivity index (χ4v) is 3.49. The van der Waals surface area contributed by atoms with E-state index in [1.54, 1.807) is 0 Å². The van der Waals surface area contributed by atoms with Gasteiger partial charge in [0, 0.05) is 11.7 Å². The minimum Gasteiger partial charge on any atom is -0.396 e. The number of hydrogen-bond acceptors (Lipinski definition) is 10. The standard InChI is InChI=1S/C13H19N5O5S/c14-13-16-10-8(11(17-13)24-2-1-19)15-5-18(10)12-9(22)6(3-20)7(4-21)23-12/h5-7,9,12,19-22H,1-4H2,(H2,14,16,17)/t6-,7-,9-,12-/m1/s1. The molecule has 0 aliphatic carbocycles. The van der Waals surface area contributed by atoms with Gasteiger partial charge in [0.15, 0.2) is 11.9 Å². The summed E-state index contributed by atoms with van der Waals surface area (Å²) >= 11 is 1.29. The van der Waals surface area contributed by atoms with Crippen LogP contribution >= 0.6 is 11.8 Å². The van der Waals surface area contributed by atoms with Crippen LogP contribution in [-0.2, 0) is 4.74 Å². The molecule has 6 N–H and O–H groups in total. The van der Waals surface area contributed by atoms with E-state index in [2.05, 4.69) is 15.0 Å². The molecule has 1 saturated heterocycles. The molecule has 0 radical (unpaired) electrons. The van der Waals surface area contributed by atoms with Crippen molar-refractivity contribution in [3.05, 3.63) is 6.33 Å². The molecule has 11 heteroatoms. The van der Waals surface area contributed by atoms with E-state index in [9.17, 15) is 15.3 Å². The molecule has 0 spiro atoms. The van der Waals surface area contributed by atoms with Crippen molar-refractivity contribution in [1.29, 1.82) is 0 Å². The van der Waals surface area contributed by atoms with Gasteiger partial charge in [0.2, 0.25) is 5.95 Å². The van der Waals surface area contributed by atoms with Crippen LogP contribution in [0, 0.1) is 5.92 Å². The van der Waals surface area contributed by atoms with Crippen LogP contribution in [0.15, 0.2) is 11.4 Å². The van der Waals surface area contributed by atoms with Gasteiger partial charge >= 0.3 is 0 Å². The number of fused-ring (bicyclic) bond motifs is 1. The quantitative estimate of drug-likeness (QED) is 0.299. The van der Waals surface area contributed by atoms with Gasteiger partial charge in [-0.05, 0) is 0 Å². The first-order chi connectivity index (χ1) is 11.6. The second kappa shape index (κ2) is 7.17. The first-order valence-electron chi connectivity index (χ1n) is 7.39. The Morgan fingerprint density at radius 2 is 2.04 bits per heavy atom. The minimum atomic E-state index is -1.03. The number of aliphatic hydroxyl groups is 4. The molecule has 2 aromatic rings. The van der Waals surface area contributed by atoms with Crippen molar-refractivity contribution in [2.45, 2.75) is 23.5 Å². The monoisotopic (exact) mass is 357 g/mol. The summed E-state index contributed by atoms with van der Waals surface area (Å²) < 4.78 is 7.17. The van der Waals surface area contributed by atoms with Gasteiger partial charge < -0.3 is 30.9 Å². The lowest BCUT2D eigenvalue weighted by Crippen LogP contribution is -2.30. The zero-order chi connectivity index (χ0) is 17.3. The van der Waals surface area contributed by atoms with E-state index < -0.39 is 24.4 Å². The van der Waals surface area contributed by atoms with Crippen molar-refractivity contribution in [1.82, 2.24) is 19.5 Å². The van der Waals surface area contributed by atoms with E-state index in [4.69, 9.17) is 15.6 Å². The van der Waals surface area contributed by atoms with Gasteiger partial charge in [-0.15, -0.1) is 11.8 Å². The number of nitrogens with two attached hydrogens (primary N) is 1. The lowest BCUT2D eigenvalue weighted by Gasteiger charge is -2.17. The Hall–Kier alpha value is -1.50. The van der Waals surface area contributed by atoms with Gasteiger partial charge in [-0.25, -0.2) is 9.97 Å². The van der Waals surface area contributed by atoms with Crippen LogP contribution in [0.4, 0.5) is 5.95 Å². The molecule has 24 heavy (non-hydrogen) atoms. The van der Waals surface area contributed by atoms with Crippen LogP contribution in [0.3, 0.4) is 0 Å². The van der Waals surface area contributed by atoms with E-state index in [1.165, 1.54) is 22.7 Å². The zero-order valence-corrected chi connectivity index (χ0v) is 13.5. The van der Waals surface area contributed by atoms with E-state index in [0.29, 0.717) is 21.9 Å². The number of aromatic nitrogens is 4. The van der Waals surface area contributed by atoms with Gasteiger partial charge in [-0.1, -0.05) is 0 Å². The third kappa shape index (κ3) is 2.94. The summed E-state index contributed by atoms with van der Waals surface area (Å²) in [6.45, 7) is -0.651. The fourth-order valence-electron chi connectivity index (χ4n) is 2.76. The maximum Gasteiger partial charge on any atom is 0.223 e. The van der Waals surface area contributed by atoms with E-state index in [0.717, 1.165) is 0 Å². The van der Waals surface area contributed by atoms with Crippen LogP contribution in [0.5, 0.6) is 0 Å². The summed E-state index contributed by atoms with van der Waals surface area (Å²) in [5.74, 6) is -0.144. The van der Waals surface area contributed by atoms with Crippen molar-refractivity contribution >= 4 is 28.9 Å². The Morgan fingerprint density at radius 1 is 1.25 bits per heavy atom. The van der Waals surface area contributed by atoms with Crippen molar-refractivity contribution in [3.8, 4) is 0 Å². The second-order valence-electron chi connectivity index (χ2n) is 5.37. The van der Waals surface area contributed by atoms with Crippen molar-refractivity contribution in [2.75, 3.05) is 31.3 Å². The minimum absolute atomic E-state index is 0.0163.